The third-order valence-electron chi connectivity index (χ3n) is 5.12. The molecule has 0 radical (unpaired) electrons. The largest absolute Gasteiger partial charge is 0.333 e. The summed E-state index contributed by atoms with van der Waals surface area (Å²) < 4.78 is 1.86. The predicted molar refractivity (Wildman–Crippen MR) is 91.2 cm³/mol. The summed E-state index contributed by atoms with van der Waals surface area (Å²) in [7, 11) is 1.90. The first-order chi connectivity index (χ1) is 11.7. The second-order valence-electron chi connectivity index (χ2n) is 6.54. The zero-order chi connectivity index (χ0) is 17.0. The normalized spacial score (nSPS) is 16.8. The molecule has 0 aliphatic heterocycles. The van der Waals surface area contributed by atoms with Gasteiger partial charge in [-0.1, -0.05) is 56.5 Å². The van der Waals surface area contributed by atoms with E-state index >= 15 is 0 Å². The fourth-order valence-corrected chi connectivity index (χ4v) is 3.72. The van der Waals surface area contributed by atoms with Crippen molar-refractivity contribution in [1.29, 1.82) is 0 Å². The Balaban J connectivity index is 1.97. The molecule has 1 aromatic carbocycles. The van der Waals surface area contributed by atoms with Crippen LogP contribution in [0.5, 0.6) is 0 Å². The van der Waals surface area contributed by atoms with E-state index in [0.29, 0.717) is 13.0 Å². The van der Waals surface area contributed by atoms with Gasteiger partial charge in [0.1, 0.15) is 5.54 Å². The minimum absolute atomic E-state index is 0.145. The fourth-order valence-electron chi connectivity index (χ4n) is 3.72. The van der Waals surface area contributed by atoms with Gasteiger partial charge in [0.25, 0.3) is 0 Å². The third kappa shape index (κ3) is 3.05. The molecule has 0 unspecified atom stereocenters. The smallest absolute Gasteiger partial charge is 0.222 e. The number of nitrogens with zero attached hydrogens (tertiary/aromatic N) is 5. The van der Waals surface area contributed by atoms with Crippen molar-refractivity contribution >= 4 is 5.91 Å². The number of benzene rings is 1. The van der Waals surface area contributed by atoms with Crippen molar-refractivity contribution in [3.63, 3.8) is 0 Å². The zero-order valence-electron chi connectivity index (χ0n) is 14.5. The Morgan fingerprint density at radius 2 is 1.92 bits per heavy atom. The average Bonchev–Trinajstić information content (AvgIpc) is 3.10. The Morgan fingerprint density at radius 1 is 1.21 bits per heavy atom. The van der Waals surface area contributed by atoms with Crippen molar-refractivity contribution in [2.75, 3.05) is 7.05 Å². The number of hydrogen-bond donors (Lipinski definition) is 0. The highest BCUT2D eigenvalue weighted by atomic mass is 16.2. The molecule has 0 saturated heterocycles. The van der Waals surface area contributed by atoms with Crippen molar-refractivity contribution in [3.05, 3.63) is 41.7 Å². The van der Waals surface area contributed by atoms with Gasteiger partial charge in [0, 0.05) is 13.5 Å². The summed E-state index contributed by atoms with van der Waals surface area (Å²) in [6.45, 7) is 2.53. The van der Waals surface area contributed by atoms with Crippen LogP contribution in [-0.4, -0.2) is 38.1 Å². The van der Waals surface area contributed by atoms with Gasteiger partial charge in [-0.15, -0.1) is 5.10 Å². The fraction of sp³-hybridized carbons (Fsp3) is 0.556. The first-order valence-corrected chi connectivity index (χ1v) is 8.74. The molecule has 1 fully saturated rings. The number of aromatic nitrogens is 4. The van der Waals surface area contributed by atoms with Crippen LogP contribution in [0.3, 0.4) is 0 Å². The maximum atomic E-state index is 12.4. The van der Waals surface area contributed by atoms with Crippen molar-refractivity contribution in [1.82, 2.24) is 25.1 Å². The molecule has 1 saturated carbocycles. The van der Waals surface area contributed by atoms with Gasteiger partial charge in [-0.05, 0) is 28.8 Å². The van der Waals surface area contributed by atoms with Gasteiger partial charge >= 0.3 is 0 Å². The molecule has 6 heteroatoms. The van der Waals surface area contributed by atoms with Gasteiger partial charge < -0.3 is 4.90 Å². The van der Waals surface area contributed by atoms with E-state index in [1.807, 2.05) is 41.8 Å². The molecule has 1 heterocycles. The van der Waals surface area contributed by atoms with Crippen LogP contribution in [-0.2, 0) is 16.9 Å². The highest BCUT2D eigenvalue weighted by Gasteiger charge is 2.44. The summed E-state index contributed by atoms with van der Waals surface area (Å²) in [6, 6.07) is 10.2. The molecular weight excluding hydrogens is 302 g/mol. The molecule has 24 heavy (non-hydrogen) atoms. The maximum absolute atomic E-state index is 12.4. The van der Waals surface area contributed by atoms with Crippen LogP contribution in [0, 0.1) is 0 Å². The van der Waals surface area contributed by atoms with Crippen LogP contribution in [0.4, 0.5) is 0 Å². The third-order valence-corrected chi connectivity index (χ3v) is 5.12. The van der Waals surface area contributed by atoms with Crippen LogP contribution in [0.15, 0.2) is 30.3 Å². The van der Waals surface area contributed by atoms with E-state index in [0.717, 1.165) is 37.1 Å². The van der Waals surface area contributed by atoms with Crippen LogP contribution in [0.25, 0.3) is 0 Å². The molecule has 2 aromatic rings. The number of amides is 1. The summed E-state index contributed by atoms with van der Waals surface area (Å²) >= 11 is 0. The van der Waals surface area contributed by atoms with Crippen molar-refractivity contribution in [2.45, 2.75) is 57.5 Å². The quantitative estimate of drug-likeness (QED) is 0.847. The Morgan fingerprint density at radius 3 is 2.58 bits per heavy atom. The summed E-state index contributed by atoms with van der Waals surface area (Å²) in [5, 5.41) is 12.5. The summed E-state index contributed by atoms with van der Waals surface area (Å²) in [5.74, 6) is 0.960. The lowest BCUT2D eigenvalue weighted by Gasteiger charge is -2.43. The van der Waals surface area contributed by atoms with E-state index in [-0.39, 0.29) is 11.4 Å². The molecule has 1 amide bonds. The van der Waals surface area contributed by atoms with E-state index in [9.17, 15) is 4.79 Å². The molecule has 6 nitrogen and oxygen atoms in total. The summed E-state index contributed by atoms with van der Waals surface area (Å²) in [5.41, 5.74) is 0.769. The number of carbonyl (C=O) groups is 1. The van der Waals surface area contributed by atoms with Gasteiger partial charge in [-0.2, -0.15) is 0 Å². The van der Waals surface area contributed by atoms with Crippen LogP contribution >= 0.6 is 0 Å². The standard InChI is InChI=1S/C18H25N5O/c1-3-16(24)22(2)18(12-8-5-9-13-18)17-19-20-21-23(17)14-15-10-6-4-7-11-15/h4,6-7,10-11H,3,5,8-9,12-14H2,1-2H3. The van der Waals surface area contributed by atoms with E-state index in [1.165, 1.54) is 6.42 Å². The van der Waals surface area contributed by atoms with Crippen LogP contribution < -0.4 is 0 Å². The van der Waals surface area contributed by atoms with Gasteiger partial charge in [0.05, 0.1) is 6.54 Å². The van der Waals surface area contributed by atoms with Gasteiger partial charge in [0.15, 0.2) is 5.82 Å². The topological polar surface area (TPSA) is 63.9 Å². The minimum atomic E-state index is -0.385. The lowest BCUT2D eigenvalue weighted by Crippen LogP contribution is -2.50. The molecular formula is C18H25N5O. The highest BCUT2D eigenvalue weighted by molar-refractivity contribution is 5.76. The monoisotopic (exact) mass is 327 g/mol. The average molecular weight is 327 g/mol. The Hall–Kier alpha value is -2.24. The summed E-state index contributed by atoms with van der Waals surface area (Å²) in [4.78, 5) is 14.3. The second kappa shape index (κ2) is 7.11. The number of hydrogen-bond acceptors (Lipinski definition) is 4. The lowest BCUT2D eigenvalue weighted by atomic mass is 9.79. The van der Waals surface area contributed by atoms with Gasteiger partial charge in [-0.25, -0.2) is 4.68 Å². The van der Waals surface area contributed by atoms with Crippen LogP contribution in [0.1, 0.15) is 56.8 Å². The molecule has 1 aromatic heterocycles. The molecule has 1 aliphatic carbocycles. The lowest BCUT2D eigenvalue weighted by molar-refractivity contribution is -0.137. The molecule has 0 bridgehead atoms. The number of carbonyl (C=O) groups excluding carboxylic acids is 1. The maximum Gasteiger partial charge on any atom is 0.222 e. The van der Waals surface area contributed by atoms with Gasteiger partial charge in [-0.3, -0.25) is 4.79 Å². The minimum Gasteiger partial charge on any atom is -0.333 e. The molecule has 0 N–H and O–H groups in total. The number of tetrazole rings is 1. The van der Waals surface area contributed by atoms with E-state index < -0.39 is 0 Å². The van der Waals surface area contributed by atoms with Crippen molar-refractivity contribution in [2.24, 2.45) is 0 Å². The highest BCUT2D eigenvalue weighted by Crippen LogP contribution is 2.40. The van der Waals surface area contributed by atoms with E-state index in [2.05, 4.69) is 27.7 Å². The van der Waals surface area contributed by atoms with E-state index in [4.69, 9.17) is 0 Å². The predicted octanol–water partition coefficient (Wildman–Crippen LogP) is 2.75. The van der Waals surface area contributed by atoms with Crippen molar-refractivity contribution in [3.8, 4) is 0 Å². The molecule has 3 rings (SSSR count). The Bertz CT molecular complexity index is 676. The first-order valence-electron chi connectivity index (χ1n) is 8.74. The first kappa shape index (κ1) is 16.6. The molecule has 128 valence electrons. The summed E-state index contributed by atoms with van der Waals surface area (Å²) in [6.07, 6.45) is 5.74. The van der Waals surface area contributed by atoms with Crippen molar-refractivity contribution < 1.29 is 4.79 Å². The molecule has 0 spiro atoms. The Kier molecular flexibility index (Phi) is 4.92. The SMILES string of the molecule is CCC(=O)N(C)C1(c2nnnn2Cc2ccccc2)CCCCC1. The van der Waals surface area contributed by atoms with E-state index in [1.54, 1.807) is 0 Å². The molecule has 0 atom stereocenters. The van der Waals surface area contributed by atoms with Gasteiger partial charge in [0.2, 0.25) is 5.91 Å². The molecule has 1 aliphatic rings. The number of rotatable bonds is 5. The Labute approximate surface area is 142 Å². The zero-order valence-corrected chi connectivity index (χ0v) is 14.5. The van der Waals surface area contributed by atoms with Crippen LogP contribution in [0.2, 0.25) is 0 Å². The second-order valence-corrected chi connectivity index (χ2v) is 6.54.